The maximum atomic E-state index is 14.2. The molecule has 7 nitrogen and oxygen atoms in total. The molecule has 0 bridgehead atoms. The van der Waals surface area contributed by atoms with E-state index in [2.05, 4.69) is 15.0 Å². The van der Waals surface area contributed by atoms with Crippen LogP contribution in [0.25, 0.3) is 16.9 Å². The van der Waals surface area contributed by atoms with Crippen molar-refractivity contribution in [3.8, 4) is 11.3 Å². The molecular formula is C21H16FN5O2. The number of rotatable bonds is 2. The van der Waals surface area contributed by atoms with E-state index in [0.29, 0.717) is 42.0 Å². The zero-order chi connectivity index (χ0) is 20.0. The molecule has 0 radical (unpaired) electrons. The van der Waals surface area contributed by atoms with E-state index in [-0.39, 0.29) is 11.6 Å². The molecule has 0 fully saturated rings. The Morgan fingerprint density at radius 2 is 2.03 bits per heavy atom. The number of halogens is 1. The summed E-state index contributed by atoms with van der Waals surface area (Å²) in [7, 11) is 0. The molecular weight excluding hydrogens is 373 g/mol. The van der Waals surface area contributed by atoms with Crippen molar-refractivity contribution in [3.05, 3.63) is 88.1 Å². The Hall–Kier alpha value is -3.81. The summed E-state index contributed by atoms with van der Waals surface area (Å²) in [5, 5.41) is 0. The SMILES string of the molecule is O=C(c1cccnc1)N1CCc2[nH]c(=O)n3cc(-c4ccccc4F)nc3c2C1. The van der Waals surface area contributed by atoms with Gasteiger partial charge >= 0.3 is 5.69 Å². The second-order valence-electron chi connectivity index (χ2n) is 6.91. The number of nitrogens with one attached hydrogen (secondary N) is 1. The molecule has 1 aromatic carbocycles. The molecule has 1 N–H and O–H groups in total. The fourth-order valence-corrected chi connectivity index (χ4v) is 3.69. The average Bonchev–Trinajstić information content (AvgIpc) is 3.20. The molecule has 0 aliphatic carbocycles. The number of hydrogen-bond acceptors (Lipinski definition) is 4. The summed E-state index contributed by atoms with van der Waals surface area (Å²) < 4.78 is 15.6. The normalized spacial score (nSPS) is 13.5. The highest BCUT2D eigenvalue weighted by molar-refractivity contribution is 5.94. The molecule has 144 valence electrons. The Labute approximate surface area is 164 Å². The number of hydrogen-bond donors (Lipinski definition) is 1. The number of carbonyl (C=O) groups is 1. The van der Waals surface area contributed by atoms with Crippen LogP contribution in [-0.4, -0.2) is 36.7 Å². The first-order chi connectivity index (χ1) is 14.1. The van der Waals surface area contributed by atoms with Gasteiger partial charge in [0.25, 0.3) is 5.91 Å². The third kappa shape index (κ3) is 2.89. The Morgan fingerprint density at radius 1 is 1.17 bits per heavy atom. The molecule has 0 saturated heterocycles. The summed E-state index contributed by atoms with van der Waals surface area (Å²) in [6, 6.07) is 9.74. The van der Waals surface area contributed by atoms with E-state index in [1.165, 1.54) is 22.9 Å². The van der Waals surface area contributed by atoms with Crippen LogP contribution in [0.1, 0.15) is 21.6 Å². The van der Waals surface area contributed by atoms with Crippen LogP contribution in [0.5, 0.6) is 0 Å². The first kappa shape index (κ1) is 17.3. The monoisotopic (exact) mass is 389 g/mol. The summed E-state index contributed by atoms with van der Waals surface area (Å²) >= 11 is 0. The molecule has 0 atom stereocenters. The highest BCUT2D eigenvalue weighted by Crippen LogP contribution is 2.26. The van der Waals surface area contributed by atoms with Crippen molar-refractivity contribution < 1.29 is 9.18 Å². The number of aromatic amines is 1. The molecule has 1 aliphatic heterocycles. The van der Waals surface area contributed by atoms with Crippen LogP contribution in [-0.2, 0) is 13.0 Å². The molecule has 4 aromatic rings. The third-order valence-corrected chi connectivity index (χ3v) is 5.14. The number of aromatic nitrogens is 4. The maximum Gasteiger partial charge on any atom is 0.331 e. The average molecular weight is 389 g/mol. The Kier molecular flexibility index (Phi) is 3.97. The highest BCUT2D eigenvalue weighted by atomic mass is 19.1. The maximum absolute atomic E-state index is 14.2. The zero-order valence-electron chi connectivity index (χ0n) is 15.3. The van der Waals surface area contributed by atoms with Crippen LogP contribution < -0.4 is 5.69 Å². The topological polar surface area (TPSA) is 83.4 Å². The van der Waals surface area contributed by atoms with Crippen LogP contribution in [0.15, 0.2) is 59.8 Å². The van der Waals surface area contributed by atoms with Gasteiger partial charge in [-0.3, -0.25) is 14.2 Å². The Balaban J connectivity index is 1.59. The van der Waals surface area contributed by atoms with Crippen molar-refractivity contribution in [1.82, 2.24) is 24.3 Å². The predicted octanol–water partition coefficient (Wildman–Crippen LogP) is 2.42. The molecule has 1 aliphatic rings. The van der Waals surface area contributed by atoms with Gasteiger partial charge in [0.2, 0.25) is 0 Å². The van der Waals surface area contributed by atoms with Gasteiger partial charge in [0.05, 0.1) is 17.8 Å². The molecule has 29 heavy (non-hydrogen) atoms. The zero-order valence-corrected chi connectivity index (χ0v) is 15.3. The van der Waals surface area contributed by atoms with Crippen molar-refractivity contribution in [3.63, 3.8) is 0 Å². The first-order valence-electron chi connectivity index (χ1n) is 9.19. The quantitative estimate of drug-likeness (QED) is 0.571. The molecule has 0 unspecified atom stereocenters. The summed E-state index contributed by atoms with van der Waals surface area (Å²) in [5.74, 6) is -0.538. The van der Waals surface area contributed by atoms with Crippen molar-refractivity contribution >= 4 is 11.6 Å². The summed E-state index contributed by atoms with van der Waals surface area (Å²) in [4.78, 5) is 38.4. The lowest BCUT2D eigenvalue weighted by Gasteiger charge is -2.28. The smallest absolute Gasteiger partial charge is 0.331 e. The van der Waals surface area contributed by atoms with Crippen molar-refractivity contribution in [1.29, 1.82) is 0 Å². The molecule has 0 spiro atoms. The standard InChI is InChI=1S/C21H16FN5O2/c22-16-6-2-1-5-14(16)18-12-27-19(24-18)15-11-26(9-7-17(15)25-21(27)29)20(28)13-4-3-8-23-10-13/h1-6,8,10,12H,7,9,11H2,(H,25,29). The fraction of sp³-hybridized carbons (Fsp3) is 0.143. The van der Waals surface area contributed by atoms with E-state index >= 15 is 0 Å². The Morgan fingerprint density at radius 3 is 2.83 bits per heavy atom. The number of amides is 1. The molecule has 1 amide bonds. The van der Waals surface area contributed by atoms with Gasteiger partial charge in [-0.2, -0.15) is 0 Å². The third-order valence-electron chi connectivity index (χ3n) is 5.14. The van der Waals surface area contributed by atoms with Crippen LogP contribution in [0.2, 0.25) is 0 Å². The molecule has 4 heterocycles. The van der Waals surface area contributed by atoms with Gasteiger partial charge in [-0.05, 0) is 24.3 Å². The summed E-state index contributed by atoms with van der Waals surface area (Å²) in [5.41, 5.74) is 2.82. The Bertz CT molecular complexity index is 1300. The number of imidazole rings is 1. The summed E-state index contributed by atoms with van der Waals surface area (Å²) in [6.45, 7) is 0.783. The van der Waals surface area contributed by atoms with E-state index in [4.69, 9.17) is 0 Å². The van der Waals surface area contributed by atoms with Crippen LogP contribution in [0, 0.1) is 5.82 Å². The number of nitrogens with zero attached hydrogens (tertiary/aromatic N) is 4. The van der Waals surface area contributed by atoms with Gasteiger partial charge in [0.15, 0.2) is 0 Å². The lowest BCUT2D eigenvalue weighted by Crippen LogP contribution is -2.38. The van der Waals surface area contributed by atoms with Crippen LogP contribution >= 0.6 is 0 Å². The highest BCUT2D eigenvalue weighted by Gasteiger charge is 2.26. The van der Waals surface area contributed by atoms with Gasteiger partial charge in [0.1, 0.15) is 11.5 Å². The number of pyridine rings is 1. The van der Waals surface area contributed by atoms with Crippen molar-refractivity contribution in [2.75, 3.05) is 6.54 Å². The van der Waals surface area contributed by atoms with Crippen LogP contribution in [0.4, 0.5) is 4.39 Å². The van der Waals surface area contributed by atoms with Gasteiger partial charge in [-0.1, -0.05) is 12.1 Å². The minimum Gasteiger partial charge on any atom is -0.334 e. The van der Waals surface area contributed by atoms with E-state index in [1.54, 1.807) is 41.4 Å². The predicted molar refractivity (Wildman–Crippen MR) is 104 cm³/mol. The van der Waals surface area contributed by atoms with Crippen molar-refractivity contribution in [2.45, 2.75) is 13.0 Å². The van der Waals surface area contributed by atoms with E-state index in [9.17, 15) is 14.0 Å². The minimum atomic E-state index is -0.408. The lowest BCUT2D eigenvalue weighted by molar-refractivity contribution is 0.0733. The van der Waals surface area contributed by atoms with E-state index < -0.39 is 5.82 Å². The van der Waals surface area contributed by atoms with E-state index in [0.717, 1.165) is 11.3 Å². The largest absolute Gasteiger partial charge is 0.334 e. The number of benzene rings is 1. The van der Waals surface area contributed by atoms with E-state index in [1.807, 2.05) is 0 Å². The lowest BCUT2D eigenvalue weighted by atomic mass is 10.1. The number of fused-ring (bicyclic) bond motifs is 3. The van der Waals surface area contributed by atoms with Gasteiger partial charge < -0.3 is 9.88 Å². The summed E-state index contributed by atoms with van der Waals surface area (Å²) in [6.07, 6.45) is 5.18. The molecule has 0 saturated carbocycles. The van der Waals surface area contributed by atoms with Crippen molar-refractivity contribution in [2.24, 2.45) is 0 Å². The minimum absolute atomic E-state index is 0.131. The van der Waals surface area contributed by atoms with Crippen LogP contribution in [0.3, 0.4) is 0 Å². The number of carbonyl (C=O) groups excluding carboxylic acids is 1. The molecule has 8 heteroatoms. The van der Waals surface area contributed by atoms with Gasteiger partial charge in [-0.15, -0.1) is 0 Å². The fourth-order valence-electron chi connectivity index (χ4n) is 3.69. The molecule has 3 aromatic heterocycles. The molecule has 5 rings (SSSR count). The second kappa shape index (κ2) is 6.66. The van der Waals surface area contributed by atoms with Gasteiger partial charge in [0, 0.05) is 48.4 Å². The number of H-pyrrole nitrogens is 1. The first-order valence-corrected chi connectivity index (χ1v) is 9.19. The van der Waals surface area contributed by atoms with Gasteiger partial charge in [-0.25, -0.2) is 14.2 Å². The second-order valence-corrected chi connectivity index (χ2v) is 6.91.